The number of carbonyl (C=O) groups excluding carboxylic acids is 1. The standard InChI is InChI=1S/C19H23N5O2S/c1-22-8-11(9-22)23-6-4-13-14(10-23)24(18(25)20-13)19-21-17-12-5-7-26-15(12)2-3-16(17)27-19/h2-3,11,13-14H,4-10H2,1H3,(H,20,25). The van der Waals surface area contributed by atoms with E-state index in [1.165, 1.54) is 5.56 Å². The maximum absolute atomic E-state index is 12.8. The number of piperidine rings is 1. The first-order chi connectivity index (χ1) is 13.2. The lowest BCUT2D eigenvalue weighted by atomic mass is 9.96. The molecular weight excluding hydrogens is 362 g/mol. The van der Waals surface area contributed by atoms with E-state index in [1.54, 1.807) is 11.3 Å². The zero-order chi connectivity index (χ0) is 18.1. The van der Waals surface area contributed by atoms with Gasteiger partial charge in [0.25, 0.3) is 0 Å². The summed E-state index contributed by atoms with van der Waals surface area (Å²) in [5.74, 6) is 0.945. The average Bonchev–Trinajstić information content (AvgIpc) is 3.32. The van der Waals surface area contributed by atoms with Crippen molar-refractivity contribution in [3.63, 3.8) is 0 Å². The Morgan fingerprint density at radius 1 is 1.30 bits per heavy atom. The molecule has 2 unspecified atom stereocenters. The third-order valence-corrected chi connectivity index (χ3v) is 7.48. The van der Waals surface area contributed by atoms with Crippen LogP contribution in [-0.4, -0.2) is 78.8 Å². The Bertz CT molecular complexity index is 924. The maximum atomic E-state index is 12.8. The van der Waals surface area contributed by atoms with Gasteiger partial charge in [0.15, 0.2) is 5.13 Å². The number of hydrogen-bond acceptors (Lipinski definition) is 6. The quantitative estimate of drug-likeness (QED) is 0.849. The van der Waals surface area contributed by atoms with E-state index in [9.17, 15) is 4.79 Å². The van der Waals surface area contributed by atoms with Crippen LogP contribution in [0.5, 0.6) is 5.75 Å². The normalized spacial score (nSPS) is 28.8. The van der Waals surface area contributed by atoms with E-state index in [1.807, 2.05) is 11.0 Å². The molecule has 1 N–H and O–H groups in total. The van der Waals surface area contributed by atoms with E-state index in [0.29, 0.717) is 6.04 Å². The van der Waals surface area contributed by atoms with Gasteiger partial charge in [0.05, 0.1) is 28.9 Å². The summed E-state index contributed by atoms with van der Waals surface area (Å²) >= 11 is 1.62. The third kappa shape index (κ3) is 2.40. The van der Waals surface area contributed by atoms with Crippen molar-refractivity contribution >= 4 is 32.7 Å². The largest absolute Gasteiger partial charge is 0.493 e. The average molecular weight is 385 g/mol. The Hall–Kier alpha value is -1.90. The summed E-state index contributed by atoms with van der Waals surface area (Å²) in [4.78, 5) is 24.5. The van der Waals surface area contributed by atoms with Crippen LogP contribution in [0.2, 0.25) is 0 Å². The number of rotatable bonds is 2. The SMILES string of the molecule is CN1CC(N2CCC3NC(=O)N(c4nc5c6c(ccc5s4)OCC6)C3C2)C1. The van der Waals surface area contributed by atoms with Gasteiger partial charge >= 0.3 is 6.03 Å². The summed E-state index contributed by atoms with van der Waals surface area (Å²) in [5, 5.41) is 4.02. The zero-order valence-corrected chi connectivity index (χ0v) is 16.2. The van der Waals surface area contributed by atoms with Crippen LogP contribution in [0, 0.1) is 0 Å². The molecule has 0 bridgehead atoms. The van der Waals surface area contributed by atoms with Gasteiger partial charge in [0.1, 0.15) is 5.75 Å². The van der Waals surface area contributed by atoms with Gasteiger partial charge in [-0.3, -0.25) is 9.80 Å². The van der Waals surface area contributed by atoms with E-state index in [2.05, 4.69) is 28.2 Å². The molecule has 142 valence electrons. The molecule has 0 radical (unpaired) electrons. The molecule has 27 heavy (non-hydrogen) atoms. The van der Waals surface area contributed by atoms with Gasteiger partial charge in [-0.1, -0.05) is 11.3 Å². The van der Waals surface area contributed by atoms with Crippen LogP contribution in [0.1, 0.15) is 12.0 Å². The fourth-order valence-electron chi connectivity index (χ4n) is 4.98. The minimum absolute atomic E-state index is 0.00419. The Morgan fingerprint density at radius 3 is 3.04 bits per heavy atom. The highest BCUT2D eigenvalue weighted by molar-refractivity contribution is 7.22. The first kappa shape index (κ1) is 16.1. The van der Waals surface area contributed by atoms with Crippen LogP contribution >= 0.6 is 11.3 Å². The second-order valence-electron chi connectivity index (χ2n) is 8.14. The number of amides is 2. The van der Waals surface area contributed by atoms with Gasteiger partial charge in [-0.05, 0) is 25.6 Å². The molecule has 0 spiro atoms. The molecule has 2 aromatic rings. The minimum Gasteiger partial charge on any atom is -0.493 e. The summed E-state index contributed by atoms with van der Waals surface area (Å²) < 4.78 is 6.82. The number of benzene rings is 1. The second kappa shape index (κ2) is 5.80. The summed E-state index contributed by atoms with van der Waals surface area (Å²) in [7, 11) is 2.17. The molecule has 7 nitrogen and oxygen atoms in total. The fraction of sp³-hybridized carbons (Fsp3) is 0.579. The van der Waals surface area contributed by atoms with Crippen molar-refractivity contribution in [1.82, 2.24) is 20.1 Å². The number of likely N-dealkylation sites (tertiary alicyclic amines) is 2. The number of nitrogens with one attached hydrogen (secondary N) is 1. The lowest BCUT2D eigenvalue weighted by Gasteiger charge is -2.47. The van der Waals surface area contributed by atoms with Crippen LogP contribution in [0.15, 0.2) is 12.1 Å². The molecule has 6 rings (SSSR count). The van der Waals surface area contributed by atoms with Crippen LogP contribution in [0.25, 0.3) is 10.2 Å². The summed E-state index contributed by atoms with van der Waals surface area (Å²) in [5.41, 5.74) is 2.20. The van der Waals surface area contributed by atoms with Gasteiger partial charge in [-0.2, -0.15) is 0 Å². The maximum Gasteiger partial charge on any atom is 0.324 e. The number of nitrogens with zero attached hydrogens (tertiary/aromatic N) is 4. The first-order valence-corrected chi connectivity index (χ1v) is 10.6. The molecule has 8 heteroatoms. The molecule has 0 saturated carbocycles. The van der Waals surface area contributed by atoms with Crippen LogP contribution in [0.3, 0.4) is 0 Å². The van der Waals surface area contributed by atoms with Crippen LogP contribution in [-0.2, 0) is 6.42 Å². The molecule has 3 saturated heterocycles. The highest BCUT2D eigenvalue weighted by Gasteiger charge is 2.46. The molecule has 2 atom stereocenters. The van der Waals surface area contributed by atoms with E-state index in [0.717, 1.165) is 66.7 Å². The number of carbonyl (C=O) groups is 1. The van der Waals surface area contributed by atoms with Gasteiger partial charge in [0.2, 0.25) is 0 Å². The Balaban J connectivity index is 1.33. The fourth-order valence-corrected chi connectivity index (χ4v) is 6.04. The van der Waals surface area contributed by atoms with Crippen molar-refractivity contribution in [2.24, 2.45) is 0 Å². The second-order valence-corrected chi connectivity index (χ2v) is 9.14. The van der Waals surface area contributed by atoms with Crippen LogP contribution < -0.4 is 15.0 Å². The minimum atomic E-state index is 0.00419. The Labute approximate surface area is 161 Å². The molecule has 4 aliphatic heterocycles. The predicted octanol–water partition coefficient (Wildman–Crippen LogP) is 1.52. The van der Waals surface area contributed by atoms with Crippen molar-refractivity contribution in [2.45, 2.75) is 31.0 Å². The van der Waals surface area contributed by atoms with Crippen molar-refractivity contribution < 1.29 is 9.53 Å². The summed E-state index contributed by atoms with van der Waals surface area (Å²) in [6.45, 7) is 4.98. The number of aromatic nitrogens is 1. The summed E-state index contributed by atoms with van der Waals surface area (Å²) in [6, 6.07) is 5.14. The third-order valence-electron chi connectivity index (χ3n) is 6.46. The smallest absolute Gasteiger partial charge is 0.324 e. The molecule has 5 heterocycles. The number of anilines is 1. The van der Waals surface area contributed by atoms with E-state index in [-0.39, 0.29) is 18.1 Å². The van der Waals surface area contributed by atoms with Crippen molar-refractivity contribution in [3.8, 4) is 5.75 Å². The predicted molar refractivity (Wildman–Crippen MR) is 105 cm³/mol. The number of thiazole rings is 1. The van der Waals surface area contributed by atoms with Gasteiger partial charge in [-0.25, -0.2) is 9.78 Å². The zero-order valence-electron chi connectivity index (χ0n) is 15.4. The van der Waals surface area contributed by atoms with Crippen molar-refractivity contribution in [2.75, 3.05) is 44.7 Å². The number of likely N-dealkylation sites (N-methyl/N-ethyl adjacent to an activating group) is 1. The molecule has 1 aromatic carbocycles. The number of hydrogen-bond donors (Lipinski definition) is 1. The molecule has 4 aliphatic rings. The number of urea groups is 1. The highest BCUT2D eigenvalue weighted by Crippen LogP contribution is 2.39. The van der Waals surface area contributed by atoms with Crippen molar-refractivity contribution in [3.05, 3.63) is 17.7 Å². The van der Waals surface area contributed by atoms with Crippen LogP contribution in [0.4, 0.5) is 9.93 Å². The molecule has 3 fully saturated rings. The lowest BCUT2D eigenvalue weighted by Crippen LogP contribution is -2.63. The topological polar surface area (TPSA) is 60.9 Å². The lowest BCUT2D eigenvalue weighted by molar-refractivity contribution is 0.0322. The highest BCUT2D eigenvalue weighted by atomic mass is 32.1. The van der Waals surface area contributed by atoms with E-state index >= 15 is 0 Å². The Morgan fingerprint density at radius 2 is 2.19 bits per heavy atom. The molecule has 1 aromatic heterocycles. The first-order valence-electron chi connectivity index (χ1n) is 9.75. The molecular formula is C19H23N5O2S. The summed E-state index contributed by atoms with van der Waals surface area (Å²) in [6.07, 6.45) is 1.92. The molecule has 0 aliphatic carbocycles. The van der Waals surface area contributed by atoms with Gasteiger partial charge in [-0.15, -0.1) is 0 Å². The Kier molecular flexibility index (Phi) is 3.45. The van der Waals surface area contributed by atoms with Crippen molar-refractivity contribution in [1.29, 1.82) is 0 Å². The van der Waals surface area contributed by atoms with E-state index < -0.39 is 0 Å². The molecule has 2 amide bonds. The number of ether oxygens (including phenoxy) is 1. The number of fused-ring (bicyclic) bond motifs is 4. The van der Waals surface area contributed by atoms with Gasteiger partial charge < -0.3 is 15.0 Å². The van der Waals surface area contributed by atoms with Gasteiger partial charge in [0, 0.05) is 44.2 Å². The van der Waals surface area contributed by atoms with E-state index in [4.69, 9.17) is 9.72 Å². The monoisotopic (exact) mass is 385 g/mol.